The zero-order valence-corrected chi connectivity index (χ0v) is 50.9. The molecule has 0 saturated heterocycles. The molecule has 0 aliphatic heterocycles. The minimum absolute atomic E-state index is 0. The average molecular weight is 1330 g/mol. The summed E-state index contributed by atoms with van der Waals surface area (Å²) in [4.78, 5) is 26.3. The van der Waals surface area contributed by atoms with Crippen LogP contribution in [0.2, 0.25) is 0 Å². The van der Waals surface area contributed by atoms with Crippen molar-refractivity contribution >= 4 is 92.5 Å². The molecular weight excluding hydrogens is 1270 g/mol. The molecule has 0 N–H and O–H groups in total. The monoisotopic (exact) mass is 1330 g/mol. The van der Waals surface area contributed by atoms with E-state index in [9.17, 15) is 34.5 Å². The van der Waals surface area contributed by atoms with Gasteiger partial charge in [0.25, 0.3) is 0 Å². The largest absolute Gasteiger partial charge is 2.00 e. The number of nitriles is 1. The second kappa shape index (κ2) is 39.6. The van der Waals surface area contributed by atoms with Gasteiger partial charge in [-0.05, 0) is 102 Å². The molecule has 10 nitrogen and oxygen atoms in total. The predicted octanol–water partition coefficient (Wildman–Crippen LogP) is 19.9. The van der Waals surface area contributed by atoms with E-state index < -0.39 is 14.5 Å². The molecule has 0 aliphatic carbocycles. The van der Waals surface area contributed by atoms with Crippen molar-refractivity contribution in [3.63, 3.8) is 0 Å². The first kappa shape index (κ1) is 74.2. The SMILES string of the molecule is CC#N.CC(=Nc1ccc(C)cc1)[N-]c1ccc(C)cc1.CC(=Nc1ccc(C)cc1)[N-]c1ccc(C)cc1.CCOCC.F[B-](F)(F)F.F[B-](F)(F)F.[Rh+2].[Rh+2].c1cnc2c(c1)ccc1cccnc12.c1cnc2c(c1)ccc1cccnc12. The van der Waals surface area contributed by atoms with Crippen LogP contribution in [0.5, 0.6) is 0 Å². The molecule has 22 heteroatoms. The van der Waals surface area contributed by atoms with Crippen LogP contribution < -0.4 is 0 Å². The number of ether oxygens (including phenoxy) is 1. The number of benzene rings is 6. The van der Waals surface area contributed by atoms with Gasteiger partial charge in [0.15, 0.2) is 0 Å². The van der Waals surface area contributed by atoms with E-state index in [0.29, 0.717) is 0 Å². The number of pyridine rings is 4. The van der Waals surface area contributed by atoms with E-state index in [2.05, 4.69) is 165 Å². The first-order valence-corrected chi connectivity index (χ1v) is 25.6. The third-order valence-corrected chi connectivity index (χ3v) is 10.4. The van der Waals surface area contributed by atoms with Crippen molar-refractivity contribution in [2.24, 2.45) is 9.98 Å². The molecule has 2 radical (unpaired) electrons. The van der Waals surface area contributed by atoms with Gasteiger partial charge >= 0.3 is 53.5 Å². The van der Waals surface area contributed by atoms with E-state index in [-0.39, 0.29) is 39.0 Å². The summed E-state index contributed by atoms with van der Waals surface area (Å²) in [6.07, 6.45) is 7.21. The van der Waals surface area contributed by atoms with Crippen LogP contribution in [0.1, 0.15) is 56.9 Å². The molecule has 4 heterocycles. The van der Waals surface area contributed by atoms with Crippen LogP contribution in [0, 0.1) is 39.0 Å². The Morgan fingerprint density at radius 1 is 0.429 bits per heavy atom. The number of aromatic nitrogens is 4. The molecule has 442 valence electrons. The zero-order chi connectivity index (χ0) is 60.5. The molecule has 0 saturated carbocycles. The van der Waals surface area contributed by atoms with E-state index in [1.165, 1.54) is 29.2 Å². The molecule has 0 unspecified atom stereocenters. The summed E-state index contributed by atoms with van der Waals surface area (Å²) >= 11 is 0. The fourth-order valence-corrected chi connectivity index (χ4v) is 6.84. The molecular formula is C62H63B2F8N9ORh2. The average Bonchev–Trinajstić information content (AvgIpc) is 2.54. The van der Waals surface area contributed by atoms with Gasteiger partial charge in [-0.15, -0.1) is 0 Å². The Hall–Kier alpha value is -7.83. The molecule has 0 amide bonds. The summed E-state index contributed by atoms with van der Waals surface area (Å²) in [5.41, 5.74) is 12.6. The van der Waals surface area contributed by atoms with Gasteiger partial charge in [0.05, 0.1) is 28.1 Å². The standard InChI is InChI=1S/2C16H17N2.2C12H8N2.C4H10O.C2H3N.2BF4.2Rh/c2*1-12-4-8-15(9-5-12)17-14(3)18-16-10-6-13(2)7-11-16;2*1-3-9-5-6-10-4-2-8-14-12(10)11(9)13-7-1;1-3-5-4-2;1-2-3;2*2-1(3,4)5;;/h2*4-11H,1-3H3;2*1-8H;3-4H2,1-2H3;1H3;;;;/q2*-1;;;;;2*-1;2*+2. The Morgan fingerprint density at radius 3 is 0.845 bits per heavy atom. The number of halogens is 8. The van der Waals surface area contributed by atoms with Crippen molar-refractivity contribution in [2.75, 3.05) is 13.2 Å². The molecule has 10 rings (SSSR count). The molecule has 84 heavy (non-hydrogen) atoms. The van der Waals surface area contributed by atoms with Crippen LogP contribution in [-0.4, -0.2) is 59.3 Å². The van der Waals surface area contributed by atoms with Gasteiger partial charge in [0.1, 0.15) is 0 Å². The summed E-state index contributed by atoms with van der Waals surface area (Å²) in [5.74, 6) is 1.53. The number of aryl methyl sites for hydroxylation is 4. The van der Waals surface area contributed by atoms with E-state index in [1.54, 1.807) is 30.9 Å². The maximum atomic E-state index is 9.75. The Balaban J connectivity index is 0.000000508. The Kier molecular flexibility index (Phi) is 35.0. The van der Waals surface area contributed by atoms with Gasteiger partial charge < -0.3 is 59.9 Å². The second-order valence-corrected chi connectivity index (χ2v) is 17.3. The van der Waals surface area contributed by atoms with Crippen LogP contribution in [0.4, 0.5) is 57.3 Å². The van der Waals surface area contributed by atoms with Gasteiger partial charge in [0.2, 0.25) is 0 Å². The van der Waals surface area contributed by atoms with Crippen molar-refractivity contribution in [1.29, 1.82) is 5.26 Å². The summed E-state index contributed by atoms with van der Waals surface area (Å²) < 4.78 is 82.8. The van der Waals surface area contributed by atoms with Crippen LogP contribution in [0.3, 0.4) is 0 Å². The van der Waals surface area contributed by atoms with Crippen molar-refractivity contribution in [1.82, 2.24) is 19.9 Å². The van der Waals surface area contributed by atoms with E-state index in [0.717, 1.165) is 91.2 Å². The fraction of sp³-hybridized carbons (Fsp3) is 0.177. The topological polar surface area (TPSA) is 138 Å². The van der Waals surface area contributed by atoms with Crippen molar-refractivity contribution in [3.05, 3.63) is 228 Å². The van der Waals surface area contributed by atoms with Gasteiger partial charge in [-0.2, -0.15) is 5.26 Å². The van der Waals surface area contributed by atoms with Crippen LogP contribution >= 0.6 is 0 Å². The van der Waals surface area contributed by atoms with Crippen molar-refractivity contribution < 1.29 is 78.2 Å². The Morgan fingerprint density at radius 2 is 0.643 bits per heavy atom. The zero-order valence-electron chi connectivity index (χ0n) is 47.7. The minimum Gasteiger partial charge on any atom is -0.440 e. The van der Waals surface area contributed by atoms with Crippen LogP contribution in [-0.2, 0) is 43.7 Å². The van der Waals surface area contributed by atoms with Gasteiger partial charge in [-0.1, -0.05) is 180 Å². The fourth-order valence-electron chi connectivity index (χ4n) is 6.84. The maximum Gasteiger partial charge on any atom is 2.00 e. The van der Waals surface area contributed by atoms with E-state index >= 15 is 0 Å². The minimum atomic E-state index is -6.00. The molecule has 0 atom stereocenters. The number of fused-ring (bicyclic) bond motifs is 6. The summed E-state index contributed by atoms with van der Waals surface area (Å²) in [7, 11) is -12.0. The van der Waals surface area contributed by atoms with Gasteiger partial charge in [-0.25, -0.2) is 0 Å². The quantitative estimate of drug-likeness (QED) is 0.0534. The smallest absolute Gasteiger partial charge is 0.440 e. The molecule has 6 aromatic carbocycles. The molecule has 4 aromatic heterocycles. The molecule has 0 spiro atoms. The molecule has 0 fully saturated rings. The predicted molar refractivity (Wildman–Crippen MR) is 324 cm³/mol. The third-order valence-electron chi connectivity index (χ3n) is 10.4. The number of amidine groups is 2. The van der Waals surface area contributed by atoms with Crippen LogP contribution in [0.15, 0.2) is 205 Å². The van der Waals surface area contributed by atoms with Crippen molar-refractivity contribution in [2.45, 2.75) is 62.3 Å². The molecule has 0 aliphatic rings. The van der Waals surface area contributed by atoms with Crippen molar-refractivity contribution in [3.8, 4) is 6.07 Å². The van der Waals surface area contributed by atoms with Crippen LogP contribution in [0.25, 0.3) is 54.2 Å². The maximum absolute atomic E-state index is 9.75. The number of hydrogen-bond acceptors (Lipinski definition) is 8. The van der Waals surface area contributed by atoms with E-state index in [4.69, 9.17) is 10.00 Å². The second-order valence-electron chi connectivity index (χ2n) is 17.3. The Bertz CT molecular complexity index is 3230. The number of rotatable bonds is 6. The molecule has 0 bridgehead atoms. The van der Waals surface area contributed by atoms with E-state index in [1.807, 2.05) is 100 Å². The van der Waals surface area contributed by atoms with Gasteiger partial charge in [-0.3, -0.25) is 19.9 Å². The Labute approximate surface area is 512 Å². The summed E-state index contributed by atoms with van der Waals surface area (Å²) in [5, 5.41) is 20.8. The first-order valence-electron chi connectivity index (χ1n) is 25.6. The summed E-state index contributed by atoms with van der Waals surface area (Å²) in [6.45, 7) is 19.2. The normalized spacial score (nSPS) is 10.5. The summed E-state index contributed by atoms with van der Waals surface area (Å²) in [6, 6.07) is 58.5. The number of hydrogen-bond donors (Lipinski definition) is 0. The third kappa shape index (κ3) is 31.6. The number of aliphatic imine (C=N–C) groups is 2. The van der Waals surface area contributed by atoms with Gasteiger partial charge in [0, 0.05) is 66.5 Å². The molecule has 10 aromatic rings. The first-order chi connectivity index (χ1) is 39.0. The number of nitrogens with zero attached hydrogens (tertiary/aromatic N) is 9.